The number of carbonyl (C=O) groups excluding carboxylic acids is 1. The van der Waals surface area contributed by atoms with Gasteiger partial charge in [0.05, 0.1) is 6.10 Å². The van der Waals surface area contributed by atoms with Crippen LogP contribution < -0.4 is 5.32 Å². The maximum Gasteiger partial charge on any atom is 0.323 e. The number of nitrogens with one attached hydrogen (secondary N) is 1. The predicted molar refractivity (Wildman–Crippen MR) is 86.4 cm³/mol. The minimum absolute atomic E-state index is 0.0722. The maximum atomic E-state index is 11.9. The Bertz CT molecular complexity index is 716. The summed E-state index contributed by atoms with van der Waals surface area (Å²) >= 11 is 0. The molecule has 1 aromatic carbocycles. The van der Waals surface area contributed by atoms with Crippen molar-refractivity contribution < 1.29 is 19.4 Å². The molecule has 2 aromatic rings. The summed E-state index contributed by atoms with van der Waals surface area (Å²) in [6.07, 6.45) is 6.38. The normalized spacial score (nSPS) is 15.1. The van der Waals surface area contributed by atoms with Crippen molar-refractivity contribution in [1.29, 1.82) is 0 Å². The van der Waals surface area contributed by atoms with Gasteiger partial charge in [-0.05, 0) is 37.1 Å². The first-order chi connectivity index (χ1) is 11.1. The number of anilines is 1. The number of aliphatic carboxylic acids is 1. The molecule has 0 bridgehead atoms. The van der Waals surface area contributed by atoms with Crippen LogP contribution in [0.3, 0.4) is 0 Å². The van der Waals surface area contributed by atoms with Gasteiger partial charge < -0.3 is 19.7 Å². The topological polar surface area (TPSA) is 80.6 Å². The smallest absolute Gasteiger partial charge is 0.323 e. The number of benzene rings is 1. The van der Waals surface area contributed by atoms with Crippen molar-refractivity contribution >= 4 is 28.5 Å². The van der Waals surface area contributed by atoms with Crippen LogP contribution >= 0.6 is 0 Å². The fourth-order valence-electron chi connectivity index (χ4n) is 3.01. The highest BCUT2D eigenvalue weighted by molar-refractivity contribution is 5.94. The van der Waals surface area contributed by atoms with Gasteiger partial charge in [0.2, 0.25) is 5.91 Å². The number of ether oxygens (including phenoxy) is 1. The number of rotatable bonds is 6. The molecule has 0 spiro atoms. The van der Waals surface area contributed by atoms with E-state index >= 15 is 0 Å². The minimum atomic E-state index is -0.885. The summed E-state index contributed by atoms with van der Waals surface area (Å²) < 4.78 is 7.25. The van der Waals surface area contributed by atoms with Gasteiger partial charge in [-0.3, -0.25) is 9.59 Å². The molecule has 122 valence electrons. The zero-order chi connectivity index (χ0) is 16.2. The Morgan fingerprint density at radius 3 is 2.78 bits per heavy atom. The maximum absolute atomic E-state index is 11.9. The van der Waals surface area contributed by atoms with Crippen LogP contribution in [-0.4, -0.2) is 34.3 Å². The van der Waals surface area contributed by atoms with Crippen LogP contribution in [0.15, 0.2) is 30.5 Å². The number of amides is 1. The molecule has 0 unspecified atom stereocenters. The summed E-state index contributed by atoms with van der Waals surface area (Å²) in [7, 11) is 0. The van der Waals surface area contributed by atoms with Crippen molar-refractivity contribution in [2.45, 2.75) is 38.3 Å². The van der Waals surface area contributed by atoms with Gasteiger partial charge in [-0.25, -0.2) is 0 Å². The van der Waals surface area contributed by atoms with Gasteiger partial charge in [0.25, 0.3) is 0 Å². The van der Waals surface area contributed by atoms with E-state index in [4.69, 9.17) is 9.84 Å². The van der Waals surface area contributed by atoms with E-state index in [0.29, 0.717) is 5.69 Å². The molecular weight excluding hydrogens is 296 g/mol. The number of carbonyl (C=O) groups is 2. The zero-order valence-corrected chi connectivity index (χ0v) is 12.8. The van der Waals surface area contributed by atoms with Gasteiger partial charge in [-0.15, -0.1) is 0 Å². The molecule has 0 saturated heterocycles. The van der Waals surface area contributed by atoms with Crippen LogP contribution in [0, 0.1) is 0 Å². The summed E-state index contributed by atoms with van der Waals surface area (Å²) in [4.78, 5) is 22.7. The van der Waals surface area contributed by atoms with Gasteiger partial charge in [-0.2, -0.15) is 0 Å². The largest absolute Gasteiger partial charge is 0.480 e. The fourth-order valence-corrected chi connectivity index (χ4v) is 3.01. The Morgan fingerprint density at radius 1 is 1.26 bits per heavy atom. The van der Waals surface area contributed by atoms with E-state index in [2.05, 4.69) is 5.32 Å². The second kappa shape index (κ2) is 6.83. The minimum Gasteiger partial charge on any atom is -0.480 e. The monoisotopic (exact) mass is 316 g/mol. The van der Waals surface area contributed by atoms with Crippen LogP contribution in [0.1, 0.15) is 25.7 Å². The van der Waals surface area contributed by atoms with Gasteiger partial charge >= 0.3 is 5.97 Å². The molecule has 1 amide bonds. The van der Waals surface area contributed by atoms with Crippen molar-refractivity contribution in [3.63, 3.8) is 0 Å². The second-order valence-corrected chi connectivity index (χ2v) is 5.88. The predicted octanol–water partition coefficient (Wildman–Crippen LogP) is 2.62. The van der Waals surface area contributed by atoms with Crippen molar-refractivity contribution in [2.75, 3.05) is 11.9 Å². The van der Waals surface area contributed by atoms with Gasteiger partial charge in [0.1, 0.15) is 13.2 Å². The first-order valence-electron chi connectivity index (χ1n) is 7.84. The Balaban J connectivity index is 1.61. The van der Waals surface area contributed by atoms with Crippen molar-refractivity contribution in [3.05, 3.63) is 30.5 Å². The van der Waals surface area contributed by atoms with Crippen molar-refractivity contribution in [1.82, 2.24) is 4.57 Å². The van der Waals surface area contributed by atoms with E-state index in [1.54, 1.807) is 16.8 Å². The highest BCUT2D eigenvalue weighted by atomic mass is 16.5. The number of fused-ring (bicyclic) bond motifs is 1. The molecule has 1 aliphatic rings. The number of aromatic nitrogens is 1. The third-order valence-corrected chi connectivity index (χ3v) is 4.11. The molecule has 6 nitrogen and oxygen atoms in total. The lowest BCUT2D eigenvalue weighted by atomic mass is 10.2. The molecule has 1 aromatic heterocycles. The molecule has 1 fully saturated rings. The lowest BCUT2D eigenvalue weighted by molar-refractivity contribution is -0.137. The summed E-state index contributed by atoms with van der Waals surface area (Å²) in [5.74, 6) is -1.05. The van der Waals surface area contributed by atoms with Gasteiger partial charge in [-0.1, -0.05) is 12.8 Å². The Labute approximate surface area is 134 Å². The van der Waals surface area contributed by atoms with Crippen LogP contribution in [0.5, 0.6) is 0 Å². The average Bonchev–Trinajstić information content (AvgIpc) is 3.15. The van der Waals surface area contributed by atoms with Crippen LogP contribution in [0.4, 0.5) is 5.69 Å². The summed E-state index contributed by atoms with van der Waals surface area (Å²) in [5, 5.41) is 12.6. The molecular formula is C17H20N2O4. The number of hydrogen-bond acceptors (Lipinski definition) is 3. The lowest BCUT2D eigenvalue weighted by Gasteiger charge is -2.11. The fraction of sp³-hybridized carbons (Fsp3) is 0.412. The Hall–Kier alpha value is -2.34. The Morgan fingerprint density at radius 2 is 2.04 bits per heavy atom. The molecule has 0 atom stereocenters. The van der Waals surface area contributed by atoms with E-state index in [0.717, 1.165) is 23.7 Å². The van der Waals surface area contributed by atoms with Crippen molar-refractivity contribution in [3.8, 4) is 0 Å². The van der Waals surface area contributed by atoms with Gasteiger partial charge in [0, 0.05) is 22.8 Å². The van der Waals surface area contributed by atoms with Crippen LogP contribution in [-0.2, 0) is 20.9 Å². The first-order valence-corrected chi connectivity index (χ1v) is 7.84. The molecule has 1 aliphatic carbocycles. The lowest BCUT2D eigenvalue weighted by Crippen LogP contribution is -2.21. The Kier molecular flexibility index (Phi) is 4.62. The standard InChI is InChI=1S/C17H20N2O4/c20-16(11-23-14-3-1-2-4-14)18-13-5-6-15-12(9-13)7-8-19(15)10-17(21)22/h5-9,14H,1-4,10-11H2,(H,18,20)(H,21,22). The molecule has 1 saturated carbocycles. The summed E-state index contributed by atoms with van der Waals surface area (Å²) in [6.45, 7) is -0.00678. The molecule has 0 radical (unpaired) electrons. The average molecular weight is 316 g/mol. The first kappa shape index (κ1) is 15.6. The molecule has 6 heteroatoms. The van der Waals surface area contributed by atoms with E-state index in [9.17, 15) is 9.59 Å². The summed E-state index contributed by atoms with van der Waals surface area (Å²) in [5.41, 5.74) is 1.51. The number of carboxylic acids is 1. The van der Waals surface area contributed by atoms with Crippen molar-refractivity contribution in [2.24, 2.45) is 0 Å². The molecule has 2 N–H and O–H groups in total. The summed E-state index contributed by atoms with van der Waals surface area (Å²) in [6, 6.07) is 7.25. The third kappa shape index (κ3) is 3.90. The second-order valence-electron chi connectivity index (χ2n) is 5.88. The zero-order valence-electron chi connectivity index (χ0n) is 12.8. The van der Waals surface area contributed by atoms with E-state index in [1.165, 1.54) is 12.8 Å². The molecule has 0 aliphatic heterocycles. The molecule has 23 heavy (non-hydrogen) atoms. The van der Waals surface area contributed by atoms with E-state index in [-0.39, 0.29) is 25.2 Å². The van der Waals surface area contributed by atoms with Crippen LogP contribution in [0.2, 0.25) is 0 Å². The molecule has 3 rings (SSSR count). The van der Waals surface area contributed by atoms with E-state index in [1.807, 2.05) is 18.2 Å². The highest BCUT2D eigenvalue weighted by Gasteiger charge is 2.16. The number of carboxylic acid groups (broad SMARTS) is 1. The van der Waals surface area contributed by atoms with Gasteiger partial charge in [0.15, 0.2) is 0 Å². The van der Waals surface area contributed by atoms with E-state index < -0.39 is 5.97 Å². The van der Waals surface area contributed by atoms with Crippen LogP contribution in [0.25, 0.3) is 10.9 Å². The third-order valence-electron chi connectivity index (χ3n) is 4.11. The molecule has 1 heterocycles. The quantitative estimate of drug-likeness (QED) is 0.858. The highest BCUT2D eigenvalue weighted by Crippen LogP contribution is 2.22. The number of nitrogens with zero attached hydrogens (tertiary/aromatic N) is 1. The number of hydrogen-bond donors (Lipinski definition) is 2. The SMILES string of the molecule is O=C(O)Cn1ccc2cc(NC(=O)COC3CCCC3)ccc21.